The molecule has 0 saturated carbocycles. The number of pyridine rings is 1. The van der Waals surface area contributed by atoms with Gasteiger partial charge < -0.3 is 10.1 Å². The number of hydrogen-bond acceptors (Lipinski definition) is 3. The molecule has 2 heterocycles. The normalized spacial score (nSPS) is 10.6. The molecule has 4 nitrogen and oxygen atoms in total. The van der Waals surface area contributed by atoms with Crippen LogP contribution < -0.4 is 0 Å². The molecular formula is C9H7BrFN3O. The Hall–Kier alpha value is -1.27. The van der Waals surface area contributed by atoms with E-state index in [0.717, 1.165) is 6.20 Å². The van der Waals surface area contributed by atoms with Crippen molar-refractivity contribution in [2.24, 2.45) is 0 Å². The summed E-state index contributed by atoms with van der Waals surface area (Å²) in [7, 11) is 0. The highest BCUT2D eigenvalue weighted by Crippen LogP contribution is 2.23. The van der Waals surface area contributed by atoms with Gasteiger partial charge in [0.25, 0.3) is 0 Å². The lowest BCUT2D eigenvalue weighted by atomic mass is 10.3. The van der Waals surface area contributed by atoms with Gasteiger partial charge in [0.2, 0.25) is 0 Å². The summed E-state index contributed by atoms with van der Waals surface area (Å²) in [5.41, 5.74) is 1.10. The second-order valence-corrected chi connectivity index (χ2v) is 3.75. The van der Waals surface area contributed by atoms with Gasteiger partial charge in [0.1, 0.15) is 11.5 Å². The molecule has 0 atom stereocenters. The Labute approximate surface area is 93.3 Å². The van der Waals surface area contributed by atoms with Crippen molar-refractivity contribution in [3.05, 3.63) is 34.4 Å². The van der Waals surface area contributed by atoms with Crippen molar-refractivity contribution < 1.29 is 9.50 Å². The van der Waals surface area contributed by atoms with Crippen LogP contribution in [0.5, 0.6) is 0 Å². The Kier molecular flexibility index (Phi) is 2.79. The van der Waals surface area contributed by atoms with Gasteiger partial charge in [-0.2, -0.15) is 0 Å². The maximum atomic E-state index is 12.8. The van der Waals surface area contributed by atoms with Gasteiger partial charge in [0.05, 0.1) is 24.7 Å². The topological polar surface area (TPSA) is 61.8 Å². The first-order chi connectivity index (χ1) is 7.20. The number of nitrogens with one attached hydrogen (secondary N) is 1. The van der Waals surface area contributed by atoms with Crippen LogP contribution in [0.25, 0.3) is 11.5 Å². The number of aliphatic hydroxyl groups excluding tert-OH is 1. The summed E-state index contributed by atoms with van der Waals surface area (Å²) in [5.74, 6) is 0.0745. The van der Waals surface area contributed by atoms with Crippen LogP contribution in [0.2, 0.25) is 0 Å². The molecular weight excluding hydrogens is 265 g/mol. The summed E-state index contributed by atoms with van der Waals surface area (Å²) in [6, 6.07) is 1.31. The van der Waals surface area contributed by atoms with E-state index in [-0.39, 0.29) is 6.61 Å². The first-order valence-corrected chi connectivity index (χ1v) is 4.96. The average Bonchev–Trinajstić information content (AvgIpc) is 2.66. The van der Waals surface area contributed by atoms with Gasteiger partial charge in [-0.15, -0.1) is 0 Å². The molecule has 2 N–H and O–H groups in total. The molecule has 0 radical (unpaired) electrons. The highest BCUT2D eigenvalue weighted by Gasteiger charge is 2.09. The monoisotopic (exact) mass is 271 g/mol. The van der Waals surface area contributed by atoms with Crippen molar-refractivity contribution in [1.82, 2.24) is 15.0 Å². The Balaban J connectivity index is 2.44. The average molecular weight is 272 g/mol. The Bertz CT molecular complexity index is 486. The third-order valence-electron chi connectivity index (χ3n) is 1.83. The van der Waals surface area contributed by atoms with E-state index in [1.165, 1.54) is 12.3 Å². The molecule has 78 valence electrons. The zero-order chi connectivity index (χ0) is 10.8. The first kappa shape index (κ1) is 10.3. The van der Waals surface area contributed by atoms with E-state index in [1.807, 2.05) is 0 Å². The van der Waals surface area contributed by atoms with Gasteiger partial charge in [-0.25, -0.2) is 14.4 Å². The van der Waals surface area contributed by atoms with Gasteiger partial charge in [-0.05, 0) is 22.0 Å². The fourth-order valence-electron chi connectivity index (χ4n) is 1.15. The SMILES string of the molecule is OCc1cnc(-c2ncc(F)cc2Br)[nH]1. The zero-order valence-corrected chi connectivity index (χ0v) is 9.12. The molecule has 0 aliphatic rings. The summed E-state index contributed by atoms with van der Waals surface area (Å²) in [5, 5.41) is 8.85. The number of halogens is 2. The van der Waals surface area contributed by atoms with E-state index >= 15 is 0 Å². The van der Waals surface area contributed by atoms with Gasteiger partial charge in [0, 0.05) is 4.47 Å². The Morgan fingerprint density at radius 2 is 2.20 bits per heavy atom. The molecule has 0 aliphatic heterocycles. The van der Waals surface area contributed by atoms with Crippen molar-refractivity contribution in [1.29, 1.82) is 0 Å². The van der Waals surface area contributed by atoms with E-state index in [9.17, 15) is 4.39 Å². The molecule has 0 bridgehead atoms. The van der Waals surface area contributed by atoms with Crippen molar-refractivity contribution in [2.75, 3.05) is 0 Å². The summed E-state index contributed by atoms with van der Waals surface area (Å²) >= 11 is 3.19. The standard InChI is InChI=1S/C9H7BrFN3O/c10-7-1-5(11)2-12-8(7)9-13-3-6(4-15)14-9/h1-3,15H,4H2,(H,13,14). The van der Waals surface area contributed by atoms with Crippen molar-refractivity contribution in [2.45, 2.75) is 6.61 Å². The summed E-state index contributed by atoms with van der Waals surface area (Å²) < 4.78 is 13.3. The van der Waals surface area contributed by atoms with Crippen molar-refractivity contribution >= 4 is 15.9 Å². The Morgan fingerprint density at radius 3 is 2.80 bits per heavy atom. The maximum Gasteiger partial charge on any atom is 0.157 e. The molecule has 0 saturated heterocycles. The largest absolute Gasteiger partial charge is 0.390 e. The lowest BCUT2D eigenvalue weighted by molar-refractivity contribution is 0.277. The summed E-state index contributed by atoms with van der Waals surface area (Å²) in [4.78, 5) is 10.8. The third-order valence-corrected chi connectivity index (χ3v) is 2.44. The van der Waals surface area contributed by atoms with Crippen LogP contribution in [0.4, 0.5) is 4.39 Å². The molecule has 6 heteroatoms. The lowest BCUT2D eigenvalue weighted by Crippen LogP contribution is -1.90. The predicted molar refractivity (Wildman–Crippen MR) is 55.4 cm³/mol. The van der Waals surface area contributed by atoms with Crippen molar-refractivity contribution in [3.8, 4) is 11.5 Å². The smallest absolute Gasteiger partial charge is 0.157 e. The van der Waals surface area contributed by atoms with Gasteiger partial charge >= 0.3 is 0 Å². The lowest BCUT2D eigenvalue weighted by Gasteiger charge is -1.99. The van der Waals surface area contributed by atoms with Gasteiger partial charge in [-0.1, -0.05) is 0 Å². The number of rotatable bonds is 2. The van der Waals surface area contributed by atoms with Crippen molar-refractivity contribution in [3.63, 3.8) is 0 Å². The van der Waals surface area contributed by atoms with Gasteiger partial charge in [-0.3, -0.25) is 0 Å². The van der Waals surface area contributed by atoms with Crippen LogP contribution >= 0.6 is 15.9 Å². The van der Waals surface area contributed by atoms with Crippen LogP contribution in [0.15, 0.2) is 22.9 Å². The van der Waals surface area contributed by atoms with Crippen LogP contribution in [0.1, 0.15) is 5.69 Å². The molecule has 2 aromatic heterocycles. The summed E-state index contributed by atoms with van der Waals surface area (Å²) in [6.45, 7) is -0.119. The second-order valence-electron chi connectivity index (χ2n) is 2.90. The number of H-pyrrole nitrogens is 1. The molecule has 0 amide bonds. The minimum Gasteiger partial charge on any atom is -0.390 e. The number of aliphatic hydroxyl groups is 1. The highest BCUT2D eigenvalue weighted by molar-refractivity contribution is 9.10. The molecule has 2 rings (SSSR count). The van der Waals surface area contributed by atoms with E-state index < -0.39 is 5.82 Å². The number of aromatic amines is 1. The number of nitrogens with zero attached hydrogens (tertiary/aromatic N) is 2. The first-order valence-electron chi connectivity index (χ1n) is 4.17. The molecule has 0 aliphatic carbocycles. The molecule has 0 aromatic carbocycles. The molecule has 15 heavy (non-hydrogen) atoms. The molecule has 0 spiro atoms. The van der Waals surface area contributed by atoms with E-state index in [4.69, 9.17) is 5.11 Å². The van der Waals surface area contributed by atoms with Crippen LogP contribution in [0.3, 0.4) is 0 Å². The molecule has 0 fully saturated rings. The van der Waals surface area contributed by atoms with E-state index in [2.05, 4.69) is 30.9 Å². The number of aromatic nitrogens is 3. The van der Waals surface area contributed by atoms with Gasteiger partial charge in [0.15, 0.2) is 5.82 Å². The van der Waals surface area contributed by atoms with E-state index in [0.29, 0.717) is 21.7 Å². The zero-order valence-electron chi connectivity index (χ0n) is 7.54. The maximum absolute atomic E-state index is 12.8. The molecule has 0 unspecified atom stereocenters. The van der Waals surface area contributed by atoms with Crippen LogP contribution in [0, 0.1) is 5.82 Å². The minimum atomic E-state index is -0.417. The van der Waals surface area contributed by atoms with Crippen LogP contribution in [-0.2, 0) is 6.61 Å². The van der Waals surface area contributed by atoms with E-state index in [1.54, 1.807) is 0 Å². The quantitative estimate of drug-likeness (QED) is 0.877. The second kappa shape index (κ2) is 4.08. The fraction of sp³-hybridized carbons (Fsp3) is 0.111. The fourth-order valence-corrected chi connectivity index (χ4v) is 1.66. The third kappa shape index (κ3) is 2.05. The number of imidazole rings is 1. The predicted octanol–water partition coefficient (Wildman–Crippen LogP) is 1.87. The minimum absolute atomic E-state index is 0.119. The summed E-state index contributed by atoms with van der Waals surface area (Å²) in [6.07, 6.45) is 2.62. The molecule has 2 aromatic rings. The highest BCUT2D eigenvalue weighted by atomic mass is 79.9. The Morgan fingerprint density at radius 1 is 1.40 bits per heavy atom. The van der Waals surface area contributed by atoms with Crippen LogP contribution in [-0.4, -0.2) is 20.1 Å². The number of hydrogen-bond donors (Lipinski definition) is 2.